The van der Waals surface area contributed by atoms with Crippen LogP contribution in [0.4, 0.5) is 10.1 Å². The fraction of sp³-hybridized carbons (Fsp3) is 0.538. The van der Waals surface area contributed by atoms with E-state index in [1.165, 1.54) is 31.7 Å². The molecule has 0 bridgehead atoms. The van der Waals surface area contributed by atoms with Gasteiger partial charge in [0.1, 0.15) is 5.82 Å². The van der Waals surface area contributed by atoms with E-state index in [9.17, 15) is 4.39 Å². The predicted octanol–water partition coefficient (Wildman–Crippen LogP) is 3.82. The summed E-state index contributed by atoms with van der Waals surface area (Å²) in [6.07, 6.45) is 4.98. The average Bonchev–Trinajstić information content (AvgIpc) is 2.22. The van der Waals surface area contributed by atoms with Crippen LogP contribution in [0.15, 0.2) is 24.3 Å². The van der Waals surface area contributed by atoms with E-state index in [4.69, 9.17) is 0 Å². The van der Waals surface area contributed by atoms with Crippen molar-refractivity contribution >= 4 is 5.69 Å². The lowest BCUT2D eigenvalue weighted by Gasteiger charge is -2.27. The lowest BCUT2D eigenvalue weighted by Crippen LogP contribution is -2.25. The first-order chi connectivity index (χ1) is 7.24. The van der Waals surface area contributed by atoms with Crippen LogP contribution in [-0.2, 0) is 0 Å². The van der Waals surface area contributed by atoms with Gasteiger partial charge >= 0.3 is 0 Å². The quantitative estimate of drug-likeness (QED) is 0.777. The number of anilines is 1. The Hall–Kier alpha value is -1.05. The number of benzene rings is 1. The molecule has 2 heteroatoms. The van der Waals surface area contributed by atoms with E-state index in [0.29, 0.717) is 6.04 Å². The Morgan fingerprint density at radius 3 is 2.60 bits per heavy atom. The molecule has 1 aromatic carbocycles. The first kappa shape index (κ1) is 10.5. The summed E-state index contributed by atoms with van der Waals surface area (Å²) >= 11 is 0. The summed E-state index contributed by atoms with van der Waals surface area (Å²) in [4.78, 5) is 0. The highest BCUT2D eigenvalue weighted by Crippen LogP contribution is 2.26. The zero-order valence-corrected chi connectivity index (χ0v) is 9.17. The Balaban J connectivity index is 1.92. The SMILES string of the molecule is CC1CCC(Nc2cccc(F)c2)CC1. The van der Waals surface area contributed by atoms with Crippen molar-refractivity contribution in [1.82, 2.24) is 0 Å². The Morgan fingerprint density at radius 2 is 1.93 bits per heavy atom. The highest BCUT2D eigenvalue weighted by atomic mass is 19.1. The fourth-order valence-electron chi connectivity index (χ4n) is 2.22. The molecule has 1 N–H and O–H groups in total. The van der Waals surface area contributed by atoms with Gasteiger partial charge in [0, 0.05) is 11.7 Å². The van der Waals surface area contributed by atoms with Crippen LogP contribution in [0.3, 0.4) is 0 Å². The summed E-state index contributed by atoms with van der Waals surface area (Å²) in [5, 5.41) is 3.40. The molecule has 0 radical (unpaired) electrons. The maximum atomic E-state index is 12.9. The van der Waals surface area contributed by atoms with Gasteiger partial charge in [-0.25, -0.2) is 4.39 Å². The van der Waals surface area contributed by atoms with Crippen LogP contribution >= 0.6 is 0 Å². The van der Waals surface area contributed by atoms with Crippen molar-refractivity contribution in [2.24, 2.45) is 5.92 Å². The predicted molar refractivity (Wildman–Crippen MR) is 61.4 cm³/mol. The fourth-order valence-corrected chi connectivity index (χ4v) is 2.22. The molecule has 2 rings (SSSR count). The third-order valence-electron chi connectivity index (χ3n) is 3.21. The lowest BCUT2D eigenvalue weighted by molar-refractivity contribution is 0.361. The van der Waals surface area contributed by atoms with Gasteiger partial charge in [0.05, 0.1) is 0 Å². The molecular formula is C13H18FN. The molecule has 1 fully saturated rings. The molecule has 0 saturated heterocycles. The van der Waals surface area contributed by atoms with Crippen molar-refractivity contribution < 1.29 is 4.39 Å². The van der Waals surface area contributed by atoms with Crippen LogP contribution in [0, 0.1) is 11.7 Å². The highest BCUT2D eigenvalue weighted by molar-refractivity contribution is 5.44. The van der Waals surface area contributed by atoms with Crippen molar-refractivity contribution in [3.63, 3.8) is 0 Å². The van der Waals surface area contributed by atoms with Gasteiger partial charge in [-0.15, -0.1) is 0 Å². The number of hydrogen-bond acceptors (Lipinski definition) is 1. The van der Waals surface area contributed by atoms with Gasteiger partial charge in [-0.2, -0.15) is 0 Å². The Bertz CT molecular complexity index is 316. The topological polar surface area (TPSA) is 12.0 Å². The van der Waals surface area contributed by atoms with Gasteiger partial charge in [0.25, 0.3) is 0 Å². The van der Waals surface area contributed by atoms with Crippen LogP contribution in [0.2, 0.25) is 0 Å². The van der Waals surface area contributed by atoms with E-state index in [0.717, 1.165) is 11.6 Å². The van der Waals surface area contributed by atoms with Gasteiger partial charge in [0.2, 0.25) is 0 Å². The zero-order valence-electron chi connectivity index (χ0n) is 9.17. The summed E-state index contributed by atoms with van der Waals surface area (Å²) in [6.45, 7) is 2.30. The molecule has 1 aliphatic carbocycles. The molecule has 0 aliphatic heterocycles. The molecule has 0 amide bonds. The summed E-state index contributed by atoms with van der Waals surface area (Å²) in [5.41, 5.74) is 0.912. The van der Waals surface area contributed by atoms with Crippen LogP contribution in [0.1, 0.15) is 32.6 Å². The molecule has 1 aliphatic rings. The number of rotatable bonds is 2. The molecule has 82 valence electrons. The third kappa shape index (κ3) is 2.95. The molecule has 0 unspecified atom stereocenters. The Kier molecular flexibility index (Phi) is 3.24. The van der Waals surface area contributed by atoms with E-state index < -0.39 is 0 Å². The first-order valence-corrected chi connectivity index (χ1v) is 5.76. The smallest absolute Gasteiger partial charge is 0.125 e. The average molecular weight is 207 g/mol. The molecular weight excluding hydrogens is 189 g/mol. The number of nitrogens with one attached hydrogen (secondary N) is 1. The maximum absolute atomic E-state index is 12.9. The molecule has 0 spiro atoms. The molecule has 1 nitrogen and oxygen atoms in total. The van der Waals surface area contributed by atoms with Crippen LogP contribution in [0.5, 0.6) is 0 Å². The molecule has 1 saturated carbocycles. The van der Waals surface area contributed by atoms with Gasteiger partial charge < -0.3 is 5.32 Å². The molecule has 0 atom stereocenters. The molecule has 0 heterocycles. The standard InChI is InChI=1S/C13H18FN/c1-10-5-7-12(8-6-10)15-13-4-2-3-11(14)9-13/h2-4,9-10,12,15H,5-8H2,1H3. The zero-order chi connectivity index (χ0) is 10.7. The first-order valence-electron chi connectivity index (χ1n) is 5.76. The number of hydrogen-bond donors (Lipinski definition) is 1. The van der Waals surface area contributed by atoms with E-state index in [1.54, 1.807) is 12.1 Å². The minimum Gasteiger partial charge on any atom is -0.382 e. The monoisotopic (exact) mass is 207 g/mol. The minimum atomic E-state index is -0.163. The summed E-state index contributed by atoms with van der Waals surface area (Å²) in [6, 6.07) is 7.26. The second-order valence-corrected chi connectivity index (χ2v) is 4.61. The second kappa shape index (κ2) is 4.65. The van der Waals surface area contributed by atoms with Gasteiger partial charge in [-0.3, -0.25) is 0 Å². The Labute approximate surface area is 90.7 Å². The highest BCUT2D eigenvalue weighted by Gasteiger charge is 2.17. The number of halogens is 1. The summed E-state index contributed by atoms with van der Waals surface area (Å²) in [7, 11) is 0. The molecule has 0 aromatic heterocycles. The molecule has 15 heavy (non-hydrogen) atoms. The van der Waals surface area contributed by atoms with E-state index in [1.807, 2.05) is 6.07 Å². The second-order valence-electron chi connectivity index (χ2n) is 4.61. The normalized spacial score (nSPS) is 26.3. The van der Waals surface area contributed by atoms with E-state index in [2.05, 4.69) is 12.2 Å². The van der Waals surface area contributed by atoms with E-state index in [-0.39, 0.29) is 5.82 Å². The third-order valence-corrected chi connectivity index (χ3v) is 3.21. The van der Waals surface area contributed by atoms with Gasteiger partial charge in [-0.1, -0.05) is 13.0 Å². The van der Waals surface area contributed by atoms with Crippen molar-refractivity contribution in [2.75, 3.05) is 5.32 Å². The van der Waals surface area contributed by atoms with Crippen molar-refractivity contribution in [2.45, 2.75) is 38.6 Å². The van der Waals surface area contributed by atoms with Crippen molar-refractivity contribution in [1.29, 1.82) is 0 Å². The summed E-state index contributed by atoms with van der Waals surface area (Å²) in [5.74, 6) is 0.694. The Morgan fingerprint density at radius 1 is 1.20 bits per heavy atom. The van der Waals surface area contributed by atoms with E-state index >= 15 is 0 Å². The van der Waals surface area contributed by atoms with Crippen LogP contribution in [-0.4, -0.2) is 6.04 Å². The largest absolute Gasteiger partial charge is 0.382 e. The van der Waals surface area contributed by atoms with Gasteiger partial charge in [0.15, 0.2) is 0 Å². The molecule has 1 aromatic rings. The summed E-state index contributed by atoms with van der Waals surface area (Å²) < 4.78 is 12.9. The van der Waals surface area contributed by atoms with Crippen molar-refractivity contribution in [3.8, 4) is 0 Å². The van der Waals surface area contributed by atoms with Crippen LogP contribution < -0.4 is 5.32 Å². The minimum absolute atomic E-state index is 0.163. The van der Waals surface area contributed by atoms with Gasteiger partial charge in [-0.05, 0) is 49.8 Å². The van der Waals surface area contributed by atoms with Crippen molar-refractivity contribution in [3.05, 3.63) is 30.1 Å². The van der Waals surface area contributed by atoms with Crippen LogP contribution in [0.25, 0.3) is 0 Å². The lowest BCUT2D eigenvalue weighted by atomic mass is 9.87. The maximum Gasteiger partial charge on any atom is 0.125 e.